The predicted molar refractivity (Wildman–Crippen MR) is 98.6 cm³/mol. The number of hydrogen-bond donors (Lipinski definition) is 4. The number of ketones is 2. The fourth-order valence-corrected chi connectivity index (χ4v) is 4.55. The van der Waals surface area contributed by atoms with Crippen LogP contribution in [0, 0.1) is 0 Å². The van der Waals surface area contributed by atoms with Gasteiger partial charge >= 0.3 is 5.97 Å². The average Bonchev–Trinajstić information content (AvgIpc) is 3.04. The lowest BCUT2D eigenvalue weighted by atomic mass is 9.73. The second-order valence-corrected chi connectivity index (χ2v) is 7.60. The molecule has 4 rings (SSSR count). The van der Waals surface area contributed by atoms with E-state index >= 15 is 0 Å². The van der Waals surface area contributed by atoms with Gasteiger partial charge in [0.2, 0.25) is 0 Å². The van der Waals surface area contributed by atoms with E-state index in [-0.39, 0.29) is 33.4 Å². The molecule has 30 heavy (non-hydrogen) atoms. The molecular weight excluding hydrogens is 396 g/mol. The number of Topliss-reactive ketones (excluding diaryl/α,β-unsaturated/α-hetero) is 2. The summed E-state index contributed by atoms with van der Waals surface area (Å²) in [7, 11) is 0. The Kier molecular flexibility index (Phi) is 4.28. The number of carbonyl (C=O) groups excluding carboxylic acids is 3. The third kappa shape index (κ3) is 2.32. The second-order valence-electron chi connectivity index (χ2n) is 7.60. The monoisotopic (exact) mass is 413 g/mol. The first-order valence-corrected chi connectivity index (χ1v) is 9.04. The Labute approximate surface area is 169 Å². The quantitative estimate of drug-likeness (QED) is 0.392. The molecule has 1 aromatic carbocycles. The smallest absolute Gasteiger partial charge is 0.303 e. The first kappa shape index (κ1) is 20.1. The van der Waals surface area contributed by atoms with Crippen molar-refractivity contribution < 1.29 is 39.5 Å². The van der Waals surface area contributed by atoms with Crippen LogP contribution in [-0.4, -0.2) is 67.9 Å². The number of benzene rings is 1. The highest BCUT2D eigenvalue weighted by Crippen LogP contribution is 2.51. The van der Waals surface area contributed by atoms with Gasteiger partial charge < -0.3 is 35.8 Å². The lowest BCUT2D eigenvalue weighted by molar-refractivity contribution is -0.199. The zero-order valence-electron chi connectivity index (χ0n) is 15.9. The van der Waals surface area contributed by atoms with E-state index in [1.807, 2.05) is 0 Å². The summed E-state index contributed by atoms with van der Waals surface area (Å²) in [5, 5.41) is 45.6. The van der Waals surface area contributed by atoms with Gasteiger partial charge in [-0.15, -0.1) is 0 Å². The molecule has 0 amide bonds. The molecule has 0 radical (unpaired) electrons. The van der Waals surface area contributed by atoms with Crippen LogP contribution in [0.2, 0.25) is 0 Å². The van der Waals surface area contributed by atoms with Crippen molar-refractivity contribution in [2.75, 3.05) is 0 Å². The normalized spacial score (nSPS) is 32.6. The summed E-state index contributed by atoms with van der Waals surface area (Å²) in [6, 6.07) is 2.33. The Morgan fingerprint density at radius 1 is 1.17 bits per heavy atom. The molecule has 4 N–H and O–H groups in total. The van der Waals surface area contributed by atoms with E-state index < -0.39 is 53.2 Å². The molecular formula is C20H17N2O8-. The lowest BCUT2D eigenvalue weighted by Crippen LogP contribution is -2.62. The van der Waals surface area contributed by atoms with Crippen molar-refractivity contribution in [1.82, 2.24) is 0 Å². The van der Waals surface area contributed by atoms with Crippen LogP contribution in [-0.2, 0) is 9.53 Å². The van der Waals surface area contributed by atoms with Crippen LogP contribution < -0.4 is 0 Å². The molecule has 10 nitrogen and oxygen atoms in total. The third-order valence-electron chi connectivity index (χ3n) is 5.90. The molecule has 0 bridgehead atoms. The minimum Gasteiger partial charge on any atom is -0.711 e. The van der Waals surface area contributed by atoms with Gasteiger partial charge in [-0.05, 0) is 24.1 Å². The van der Waals surface area contributed by atoms with Crippen LogP contribution >= 0.6 is 0 Å². The zero-order chi connectivity index (χ0) is 22.1. The summed E-state index contributed by atoms with van der Waals surface area (Å²) in [5.74, 6) is -2.88. The maximum Gasteiger partial charge on any atom is 0.303 e. The number of phenolic OH excluding ortho intramolecular Hbond substituents is 1. The van der Waals surface area contributed by atoms with Crippen LogP contribution in [0.25, 0.3) is 5.53 Å². The molecule has 0 heterocycles. The van der Waals surface area contributed by atoms with Crippen LogP contribution in [0.4, 0.5) is 0 Å². The summed E-state index contributed by atoms with van der Waals surface area (Å²) < 4.78 is 5.08. The van der Waals surface area contributed by atoms with E-state index in [1.54, 1.807) is 0 Å². The van der Waals surface area contributed by atoms with Crippen molar-refractivity contribution >= 4 is 17.5 Å². The topological polar surface area (TPSA) is 176 Å². The summed E-state index contributed by atoms with van der Waals surface area (Å²) in [4.78, 5) is 37.8. The van der Waals surface area contributed by atoms with E-state index in [9.17, 15) is 40.3 Å². The molecule has 3 aliphatic carbocycles. The summed E-state index contributed by atoms with van der Waals surface area (Å²) in [6.45, 7) is 2.21. The van der Waals surface area contributed by atoms with Crippen molar-refractivity contribution in [2.45, 2.75) is 43.8 Å². The number of ether oxygens (including phenoxy) is 1. The SMILES string of the molecule is CC(=O)OC1(C)C(O)C2=C(C3=C(C(=O)c4c(O)cccc4C3=O)C2N=[N-])C(O)C1O. The van der Waals surface area contributed by atoms with Gasteiger partial charge in [0.15, 0.2) is 17.2 Å². The fraction of sp³-hybridized carbons (Fsp3) is 0.350. The number of aliphatic hydroxyl groups excluding tert-OH is 3. The summed E-state index contributed by atoms with van der Waals surface area (Å²) in [6.07, 6.45) is -5.49. The van der Waals surface area contributed by atoms with Crippen LogP contribution in [0.5, 0.6) is 5.75 Å². The van der Waals surface area contributed by atoms with E-state index in [1.165, 1.54) is 25.1 Å². The molecule has 3 aliphatic rings. The first-order valence-electron chi connectivity index (χ1n) is 9.04. The fourth-order valence-electron chi connectivity index (χ4n) is 4.55. The number of aromatic hydroxyl groups is 1. The molecule has 10 heteroatoms. The molecule has 0 aromatic heterocycles. The Morgan fingerprint density at radius 2 is 1.83 bits per heavy atom. The Morgan fingerprint density at radius 3 is 2.43 bits per heavy atom. The molecule has 0 saturated heterocycles. The van der Waals surface area contributed by atoms with Gasteiger partial charge in [-0.1, -0.05) is 12.1 Å². The number of rotatable bonds is 2. The van der Waals surface area contributed by atoms with Gasteiger partial charge in [-0.3, -0.25) is 14.4 Å². The van der Waals surface area contributed by atoms with Gasteiger partial charge in [0.25, 0.3) is 0 Å². The molecule has 1 aromatic rings. The van der Waals surface area contributed by atoms with Gasteiger partial charge in [0.1, 0.15) is 24.1 Å². The number of hydrogen-bond acceptors (Lipinski definition) is 9. The van der Waals surface area contributed by atoms with Gasteiger partial charge in [-0.25, -0.2) is 0 Å². The highest BCUT2D eigenvalue weighted by molar-refractivity contribution is 6.31. The Balaban J connectivity index is 1.96. The number of fused-ring (bicyclic) bond motifs is 2. The molecule has 0 spiro atoms. The van der Waals surface area contributed by atoms with Gasteiger partial charge in [0, 0.05) is 23.6 Å². The molecule has 0 fully saturated rings. The van der Waals surface area contributed by atoms with E-state index in [2.05, 4.69) is 5.11 Å². The number of phenols is 1. The van der Waals surface area contributed by atoms with Crippen LogP contribution in [0.15, 0.2) is 45.6 Å². The number of carbonyl (C=O) groups is 3. The number of aliphatic hydroxyl groups is 3. The molecule has 156 valence electrons. The van der Waals surface area contributed by atoms with Crippen molar-refractivity contribution in [1.29, 1.82) is 0 Å². The van der Waals surface area contributed by atoms with Gasteiger partial charge in [-0.2, -0.15) is 0 Å². The number of nitrogens with zero attached hydrogens (tertiary/aromatic N) is 2. The lowest BCUT2D eigenvalue weighted by Gasteiger charge is -2.45. The largest absolute Gasteiger partial charge is 0.711 e. The molecule has 0 saturated carbocycles. The Hall–Kier alpha value is -3.21. The standard InChI is InChI=1S/C20H17N2O8/c1-6(23)30-20(2)18(28)13-11(17(27)19(20)29)10-12(14(13)22-21)16(26)9-7(15(10)25)4-3-5-8(9)24/h3-5,14,17-19,24,27-29H,1-2H3/q-1. The van der Waals surface area contributed by atoms with Crippen molar-refractivity contribution in [2.24, 2.45) is 5.11 Å². The maximum absolute atomic E-state index is 13.2. The predicted octanol–water partition coefficient (Wildman–Crippen LogP) is 0.186. The molecule has 5 unspecified atom stereocenters. The molecule has 0 aliphatic heterocycles. The summed E-state index contributed by atoms with van der Waals surface area (Å²) >= 11 is 0. The minimum absolute atomic E-state index is 0.131. The van der Waals surface area contributed by atoms with E-state index in [4.69, 9.17) is 4.74 Å². The highest BCUT2D eigenvalue weighted by atomic mass is 16.6. The Bertz CT molecular complexity index is 1100. The number of esters is 1. The maximum atomic E-state index is 13.2. The average molecular weight is 413 g/mol. The minimum atomic E-state index is -2.04. The van der Waals surface area contributed by atoms with Crippen molar-refractivity contribution in [3.63, 3.8) is 0 Å². The van der Waals surface area contributed by atoms with E-state index in [0.717, 1.165) is 6.92 Å². The second kappa shape index (κ2) is 6.39. The third-order valence-corrected chi connectivity index (χ3v) is 5.90. The van der Waals surface area contributed by atoms with Gasteiger partial charge in [0.05, 0.1) is 11.6 Å². The highest BCUT2D eigenvalue weighted by Gasteiger charge is 2.60. The van der Waals surface area contributed by atoms with Crippen LogP contribution in [0.3, 0.4) is 0 Å². The van der Waals surface area contributed by atoms with Crippen LogP contribution in [0.1, 0.15) is 34.6 Å². The van der Waals surface area contributed by atoms with Crippen molar-refractivity contribution in [3.8, 4) is 5.75 Å². The molecule has 5 atom stereocenters. The first-order chi connectivity index (χ1) is 14.1. The van der Waals surface area contributed by atoms with E-state index in [0.29, 0.717) is 0 Å². The zero-order valence-corrected chi connectivity index (χ0v) is 15.9. The summed E-state index contributed by atoms with van der Waals surface area (Å²) in [5.41, 5.74) is 6.04. The van der Waals surface area contributed by atoms with Crippen molar-refractivity contribution in [3.05, 3.63) is 57.1 Å².